The van der Waals surface area contributed by atoms with Crippen molar-refractivity contribution in [1.29, 1.82) is 0 Å². The number of aromatic nitrogens is 2. The van der Waals surface area contributed by atoms with Gasteiger partial charge in [0, 0.05) is 43.4 Å². The van der Waals surface area contributed by atoms with E-state index in [1.54, 1.807) is 12.1 Å². The fourth-order valence-electron chi connectivity index (χ4n) is 3.55. The lowest BCUT2D eigenvalue weighted by Gasteiger charge is -2.33. The van der Waals surface area contributed by atoms with Gasteiger partial charge in [-0.05, 0) is 43.9 Å². The Morgan fingerprint density at radius 1 is 1.27 bits per heavy atom. The zero-order chi connectivity index (χ0) is 17.9. The third kappa shape index (κ3) is 4.16. The molecule has 2 heterocycles. The zero-order valence-electron chi connectivity index (χ0n) is 14.7. The summed E-state index contributed by atoms with van der Waals surface area (Å²) >= 11 is 0. The number of likely N-dealkylation sites (tertiary alicyclic amines) is 1. The molecule has 1 unspecified atom stereocenters. The monoisotopic (exact) mass is 353 g/mol. The van der Waals surface area contributed by atoms with Gasteiger partial charge >= 0.3 is 0 Å². The fourth-order valence-corrected chi connectivity index (χ4v) is 3.55. The zero-order valence-corrected chi connectivity index (χ0v) is 14.7. The molecule has 1 aromatic carbocycles. The number of benzene rings is 1. The summed E-state index contributed by atoms with van der Waals surface area (Å²) in [5, 5.41) is 14.5. The predicted octanol–water partition coefficient (Wildman–Crippen LogP) is 3.34. The van der Waals surface area contributed by atoms with Crippen LogP contribution in [0.2, 0.25) is 0 Å². The van der Waals surface area contributed by atoms with Crippen LogP contribution < -0.4 is 5.32 Å². The average Bonchev–Trinajstić information content (AvgIpc) is 3.48. The van der Waals surface area contributed by atoms with Gasteiger partial charge in [0.2, 0.25) is 0 Å². The maximum atomic E-state index is 11.0. The maximum Gasteiger partial charge on any atom is 0.269 e. The van der Waals surface area contributed by atoms with E-state index in [2.05, 4.69) is 20.2 Å². The SMILES string of the molecule is O=[N+]([O-])c1cccc(CN2CCCC(Nc3ccnc(C4CC4)n3)C2)c1. The minimum atomic E-state index is -0.337. The molecule has 1 aliphatic carbocycles. The highest BCUT2D eigenvalue weighted by atomic mass is 16.6. The van der Waals surface area contributed by atoms with Crippen LogP contribution in [-0.4, -0.2) is 38.9 Å². The van der Waals surface area contributed by atoms with E-state index < -0.39 is 0 Å². The van der Waals surface area contributed by atoms with E-state index in [1.807, 2.05) is 18.3 Å². The number of piperidine rings is 1. The minimum absolute atomic E-state index is 0.155. The molecule has 1 N–H and O–H groups in total. The number of nitro groups is 1. The normalized spacial score (nSPS) is 20.7. The van der Waals surface area contributed by atoms with E-state index in [4.69, 9.17) is 0 Å². The van der Waals surface area contributed by atoms with Crippen LogP contribution in [0.15, 0.2) is 36.5 Å². The quantitative estimate of drug-likeness (QED) is 0.633. The van der Waals surface area contributed by atoms with Crippen molar-refractivity contribution < 1.29 is 4.92 Å². The number of hydrogen-bond donors (Lipinski definition) is 1. The lowest BCUT2D eigenvalue weighted by atomic mass is 10.0. The number of hydrogen-bond acceptors (Lipinski definition) is 6. The molecule has 1 aliphatic heterocycles. The van der Waals surface area contributed by atoms with Gasteiger partial charge in [-0.25, -0.2) is 9.97 Å². The standard InChI is InChI=1S/C19H23N5O2/c25-24(26)17-5-1-3-14(11-17)12-23-10-2-4-16(13-23)21-18-8-9-20-19(22-18)15-6-7-15/h1,3,5,8-9,11,15-16H,2,4,6-7,10,12-13H2,(H,20,21,22). The van der Waals surface area contributed by atoms with Gasteiger partial charge in [-0.2, -0.15) is 0 Å². The first-order chi connectivity index (χ1) is 12.7. The van der Waals surface area contributed by atoms with Gasteiger partial charge in [0.1, 0.15) is 11.6 Å². The lowest BCUT2D eigenvalue weighted by Crippen LogP contribution is -2.41. The summed E-state index contributed by atoms with van der Waals surface area (Å²) in [7, 11) is 0. The highest BCUT2D eigenvalue weighted by Gasteiger charge is 2.27. The molecule has 1 atom stereocenters. The number of non-ortho nitro benzene ring substituents is 1. The second kappa shape index (κ2) is 7.37. The number of nitro benzene ring substituents is 1. The molecule has 0 amide bonds. The van der Waals surface area contributed by atoms with Crippen molar-refractivity contribution in [2.75, 3.05) is 18.4 Å². The van der Waals surface area contributed by atoms with Gasteiger partial charge in [0.05, 0.1) is 4.92 Å². The Bertz CT molecular complexity index is 793. The van der Waals surface area contributed by atoms with Crippen molar-refractivity contribution >= 4 is 11.5 Å². The fraction of sp³-hybridized carbons (Fsp3) is 0.474. The van der Waals surface area contributed by atoms with Crippen molar-refractivity contribution in [2.24, 2.45) is 0 Å². The largest absolute Gasteiger partial charge is 0.366 e. The van der Waals surface area contributed by atoms with Crippen LogP contribution in [0.5, 0.6) is 0 Å². The first-order valence-electron chi connectivity index (χ1n) is 9.22. The van der Waals surface area contributed by atoms with Gasteiger partial charge in [0.25, 0.3) is 5.69 Å². The van der Waals surface area contributed by atoms with E-state index in [9.17, 15) is 10.1 Å². The first-order valence-corrected chi connectivity index (χ1v) is 9.22. The maximum absolute atomic E-state index is 11.0. The van der Waals surface area contributed by atoms with Crippen LogP contribution in [-0.2, 0) is 6.54 Å². The summed E-state index contributed by atoms with van der Waals surface area (Å²) < 4.78 is 0. The van der Waals surface area contributed by atoms with Crippen LogP contribution in [0.1, 0.15) is 43.0 Å². The number of nitrogens with zero attached hydrogens (tertiary/aromatic N) is 4. The van der Waals surface area contributed by atoms with Gasteiger partial charge in [-0.3, -0.25) is 15.0 Å². The van der Waals surface area contributed by atoms with E-state index in [0.717, 1.165) is 49.7 Å². The molecule has 2 aromatic rings. The van der Waals surface area contributed by atoms with Crippen molar-refractivity contribution in [1.82, 2.24) is 14.9 Å². The molecule has 0 bridgehead atoms. The summed E-state index contributed by atoms with van der Waals surface area (Å²) in [5.74, 6) is 2.41. The summed E-state index contributed by atoms with van der Waals surface area (Å²) in [4.78, 5) is 22.0. The highest BCUT2D eigenvalue weighted by molar-refractivity contribution is 5.36. The molecule has 2 fully saturated rings. The van der Waals surface area contributed by atoms with E-state index in [-0.39, 0.29) is 10.6 Å². The van der Waals surface area contributed by atoms with Crippen molar-refractivity contribution in [3.8, 4) is 0 Å². The molecule has 4 rings (SSSR count). The van der Waals surface area contributed by atoms with Gasteiger partial charge in [-0.1, -0.05) is 12.1 Å². The summed E-state index contributed by atoms with van der Waals surface area (Å²) in [6.45, 7) is 2.65. The molecule has 7 nitrogen and oxygen atoms in total. The van der Waals surface area contributed by atoms with Gasteiger partial charge in [-0.15, -0.1) is 0 Å². The highest BCUT2D eigenvalue weighted by Crippen LogP contribution is 2.38. The third-order valence-electron chi connectivity index (χ3n) is 5.00. The van der Waals surface area contributed by atoms with E-state index in [0.29, 0.717) is 12.0 Å². The average molecular weight is 353 g/mol. The number of nitrogens with one attached hydrogen (secondary N) is 1. The summed E-state index contributed by atoms with van der Waals surface area (Å²) in [6, 6.07) is 9.19. The molecule has 1 saturated carbocycles. The Hall–Kier alpha value is -2.54. The van der Waals surface area contributed by atoms with Crippen LogP contribution in [0, 0.1) is 10.1 Å². The smallest absolute Gasteiger partial charge is 0.269 e. The Labute approximate surface area is 152 Å². The molecule has 0 radical (unpaired) electrons. The summed E-state index contributed by atoms with van der Waals surface area (Å²) in [5.41, 5.74) is 1.14. The molecular weight excluding hydrogens is 330 g/mol. The lowest BCUT2D eigenvalue weighted by molar-refractivity contribution is -0.384. The minimum Gasteiger partial charge on any atom is -0.366 e. The molecule has 26 heavy (non-hydrogen) atoms. The van der Waals surface area contributed by atoms with Crippen molar-refractivity contribution in [2.45, 2.75) is 44.2 Å². The van der Waals surface area contributed by atoms with Crippen LogP contribution in [0.4, 0.5) is 11.5 Å². The molecule has 1 saturated heterocycles. The Morgan fingerprint density at radius 2 is 2.15 bits per heavy atom. The van der Waals surface area contributed by atoms with Gasteiger partial charge < -0.3 is 5.32 Å². The molecule has 1 aromatic heterocycles. The number of anilines is 1. The molecule has 7 heteroatoms. The second-order valence-corrected chi connectivity index (χ2v) is 7.22. The second-order valence-electron chi connectivity index (χ2n) is 7.22. The van der Waals surface area contributed by atoms with E-state index in [1.165, 1.54) is 18.9 Å². The van der Waals surface area contributed by atoms with Crippen molar-refractivity contribution in [3.05, 3.63) is 58.0 Å². The molecule has 0 spiro atoms. The molecular formula is C19H23N5O2. The van der Waals surface area contributed by atoms with Crippen molar-refractivity contribution in [3.63, 3.8) is 0 Å². The third-order valence-corrected chi connectivity index (χ3v) is 5.00. The Balaban J connectivity index is 1.37. The Kier molecular flexibility index (Phi) is 4.79. The van der Waals surface area contributed by atoms with Crippen LogP contribution in [0.25, 0.3) is 0 Å². The Morgan fingerprint density at radius 3 is 2.96 bits per heavy atom. The van der Waals surface area contributed by atoms with E-state index >= 15 is 0 Å². The molecule has 136 valence electrons. The predicted molar refractivity (Wildman–Crippen MR) is 99.0 cm³/mol. The van der Waals surface area contributed by atoms with Crippen LogP contribution in [0.3, 0.4) is 0 Å². The molecule has 2 aliphatic rings. The topological polar surface area (TPSA) is 84.2 Å². The van der Waals surface area contributed by atoms with Crippen LogP contribution >= 0.6 is 0 Å². The van der Waals surface area contributed by atoms with Gasteiger partial charge in [0.15, 0.2) is 0 Å². The number of rotatable bonds is 6. The summed E-state index contributed by atoms with van der Waals surface area (Å²) in [6.07, 6.45) is 6.45. The first kappa shape index (κ1) is 16.9.